The molecule has 45 heavy (non-hydrogen) atoms. The Hall–Kier alpha value is -4.96. The molecule has 1 aromatic heterocycles. The van der Waals surface area contributed by atoms with E-state index in [0.29, 0.717) is 21.9 Å². The van der Waals surface area contributed by atoms with Crippen molar-refractivity contribution in [1.29, 1.82) is 0 Å². The first-order valence-corrected chi connectivity index (χ1v) is 14.3. The van der Waals surface area contributed by atoms with Crippen molar-refractivity contribution in [2.75, 3.05) is 6.61 Å². The number of thiazole rings is 1. The van der Waals surface area contributed by atoms with E-state index in [1.165, 1.54) is 30.4 Å². The van der Waals surface area contributed by atoms with Gasteiger partial charge in [0.25, 0.3) is 5.69 Å². The number of non-ortho nitro benzene ring substituents is 1. The minimum Gasteiger partial charge on any atom is -0.463 e. The van der Waals surface area contributed by atoms with E-state index in [1.807, 2.05) is 0 Å². The zero-order valence-corrected chi connectivity index (χ0v) is 25.6. The SMILES string of the molecule is CC(=O)OC[C@H]1O[C@@H](Oc2ccc(/C(C)=N\c3nc4cc([N+](=O)[O-])ccc4s3)cc2)[C@H](OC(C)=O)[C@@H](OC(C)=O)[C@@H]1OC(C)=O. The van der Waals surface area contributed by atoms with Crippen LogP contribution in [0.1, 0.15) is 40.2 Å². The van der Waals surface area contributed by atoms with E-state index in [4.69, 9.17) is 28.4 Å². The van der Waals surface area contributed by atoms with Gasteiger partial charge in [-0.05, 0) is 42.8 Å². The maximum atomic E-state index is 12.0. The lowest BCUT2D eigenvalue weighted by Gasteiger charge is -2.43. The molecule has 0 bridgehead atoms. The molecule has 0 unspecified atom stereocenters. The summed E-state index contributed by atoms with van der Waals surface area (Å²) in [6.45, 7) is 5.96. The fraction of sp³-hybridized carbons (Fsp3) is 0.379. The normalized spacial score (nSPS) is 21.4. The van der Waals surface area contributed by atoms with Gasteiger partial charge < -0.3 is 28.4 Å². The Morgan fingerprint density at radius 1 is 0.889 bits per heavy atom. The maximum absolute atomic E-state index is 12.0. The highest BCUT2D eigenvalue weighted by Gasteiger charge is 2.53. The van der Waals surface area contributed by atoms with Crippen LogP contribution in [0.5, 0.6) is 5.75 Å². The zero-order chi connectivity index (χ0) is 32.8. The van der Waals surface area contributed by atoms with E-state index in [9.17, 15) is 29.3 Å². The first-order chi connectivity index (χ1) is 21.3. The number of nitro benzene ring substituents is 1. The molecular formula is C29H29N3O12S. The van der Waals surface area contributed by atoms with Crippen LogP contribution in [-0.2, 0) is 42.9 Å². The largest absolute Gasteiger partial charge is 0.463 e. The topological polar surface area (TPSA) is 192 Å². The van der Waals surface area contributed by atoms with Crippen molar-refractivity contribution < 1.29 is 52.5 Å². The van der Waals surface area contributed by atoms with Gasteiger partial charge in [0.2, 0.25) is 17.5 Å². The highest BCUT2D eigenvalue weighted by Crippen LogP contribution is 2.33. The maximum Gasteiger partial charge on any atom is 0.303 e. The van der Waals surface area contributed by atoms with Crippen molar-refractivity contribution >= 4 is 62.0 Å². The van der Waals surface area contributed by atoms with E-state index >= 15 is 0 Å². The second-order valence-corrected chi connectivity index (χ2v) is 10.8. The molecule has 15 nitrogen and oxygen atoms in total. The molecule has 238 valence electrons. The van der Waals surface area contributed by atoms with Crippen molar-refractivity contribution in [2.45, 2.75) is 65.3 Å². The number of hydrogen-bond acceptors (Lipinski definition) is 15. The zero-order valence-electron chi connectivity index (χ0n) is 24.8. The molecule has 0 saturated carbocycles. The summed E-state index contributed by atoms with van der Waals surface area (Å²) in [4.78, 5) is 67.0. The fourth-order valence-electron chi connectivity index (χ4n) is 4.47. The molecule has 1 fully saturated rings. The Morgan fingerprint density at radius 2 is 1.51 bits per heavy atom. The summed E-state index contributed by atoms with van der Waals surface area (Å²) in [7, 11) is 0. The number of carbonyl (C=O) groups excluding carboxylic acids is 4. The summed E-state index contributed by atoms with van der Waals surface area (Å²) in [5.74, 6) is -2.62. The van der Waals surface area contributed by atoms with Crippen LogP contribution in [0.15, 0.2) is 47.5 Å². The molecule has 1 aliphatic heterocycles. The summed E-state index contributed by atoms with van der Waals surface area (Å²) < 4.78 is 34.0. The van der Waals surface area contributed by atoms with Crippen molar-refractivity contribution in [3.8, 4) is 5.75 Å². The smallest absolute Gasteiger partial charge is 0.303 e. The van der Waals surface area contributed by atoms with Gasteiger partial charge in [-0.25, -0.2) is 9.98 Å². The average molecular weight is 644 g/mol. The molecule has 0 amide bonds. The summed E-state index contributed by atoms with van der Waals surface area (Å²) in [5.41, 5.74) is 1.71. The van der Waals surface area contributed by atoms with Gasteiger partial charge >= 0.3 is 23.9 Å². The van der Waals surface area contributed by atoms with Crippen molar-refractivity contribution in [1.82, 2.24) is 4.98 Å². The molecule has 5 atom stereocenters. The van der Waals surface area contributed by atoms with Gasteiger partial charge in [-0.3, -0.25) is 29.3 Å². The predicted molar refractivity (Wildman–Crippen MR) is 157 cm³/mol. The third-order valence-corrected chi connectivity index (χ3v) is 7.24. The van der Waals surface area contributed by atoms with Crippen LogP contribution in [0.25, 0.3) is 10.2 Å². The number of rotatable bonds is 10. The quantitative estimate of drug-likeness (QED) is 0.102. The van der Waals surface area contributed by atoms with Gasteiger partial charge in [0.1, 0.15) is 18.5 Å². The molecular weight excluding hydrogens is 614 g/mol. The Bertz CT molecular complexity index is 1640. The molecule has 0 aliphatic carbocycles. The molecule has 0 radical (unpaired) electrons. The molecule has 0 N–H and O–H groups in total. The second kappa shape index (κ2) is 14.2. The highest BCUT2D eigenvalue weighted by atomic mass is 32.1. The van der Waals surface area contributed by atoms with Crippen LogP contribution in [0.3, 0.4) is 0 Å². The number of aliphatic imine (C=N–C) groups is 1. The lowest BCUT2D eigenvalue weighted by molar-refractivity contribution is -0.384. The molecule has 1 aliphatic rings. The summed E-state index contributed by atoms with van der Waals surface area (Å²) >= 11 is 1.28. The molecule has 16 heteroatoms. The molecule has 1 saturated heterocycles. The van der Waals surface area contributed by atoms with Crippen molar-refractivity contribution in [3.05, 3.63) is 58.1 Å². The van der Waals surface area contributed by atoms with Crippen molar-refractivity contribution in [2.24, 2.45) is 4.99 Å². The van der Waals surface area contributed by atoms with E-state index in [1.54, 1.807) is 37.3 Å². The van der Waals surface area contributed by atoms with Crippen LogP contribution in [0, 0.1) is 10.1 Å². The van der Waals surface area contributed by atoms with Gasteiger partial charge in [0.15, 0.2) is 12.2 Å². The van der Waals surface area contributed by atoms with E-state index < -0.39 is 59.5 Å². The Labute approximate surface area is 260 Å². The number of hydrogen-bond donors (Lipinski definition) is 0. The number of esters is 4. The van der Waals surface area contributed by atoms with Gasteiger partial charge in [0.05, 0.1) is 15.1 Å². The van der Waals surface area contributed by atoms with Crippen LogP contribution in [0.2, 0.25) is 0 Å². The molecule has 2 aromatic carbocycles. The third kappa shape index (κ3) is 8.57. The lowest BCUT2D eigenvalue weighted by Crippen LogP contribution is -2.63. The minimum atomic E-state index is -1.38. The van der Waals surface area contributed by atoms with Gasteiger partial charge in [0, 0.05) is 45.5 Å². The van der Waals surface area contributed by atoms with E-state index in [-0.39, 0.29) is 18.0 Å². The predicted octanol–water partition coefficient (Wildman–Crippen LogP) is 3.81. The van der Waals surface area contributed by atoms with Gasteiger partial charge in [-0.2, -0.15) is 0 Å². The van der Waals surface area contributed by atoms with Gasteiger partial charge in [-0.15, -0.1) is 0 Å². The number of ether oxygens (including phenoxy) is 6. The standard InChI is InChI=1S/C29H29N3O12S/c1-14(30-29-31-22-12-20(32(37)38)8-11-24(22)45-29)19-6-9-21(10-7-19)43-28-27(42-18(5)36)26(41-17(4)35)25(40-16(3)34)23(44-28)13-39-15(2)33/h6-12,23,25-28H,13H2,1-5H3/b30-14-/t23-,25-,26+,27-,28-/m1/s1. The molecule has 0 spiro atoms. The minimum absolute atomic E-state index is 0.0627. The highest BCUT2D eigenvalue weighted by molar-refractivity contribution is 7.22. The molecule has 2 heterocycles. The number of nitro groups is 1. The first-order valence-electron chi connectivity index (χ1n) is 13.5. The number of benzene rings is 2. The lowest BCUT2D eigenvalue weighted by atomic mass is 9.98. The summed E-state index contributed by atoms with van der Waals surface area (Å²) in [6, 6.07) is 11.0. The fourth-order valence-corrected chi connectivity index (χ4v) is 5.33. The molecule has 4 rings (SSSR count). The summed E-state index contributed by atoms with van der Waals surface area (Å²) in [6.07, 6.45) is -6.56. The van der Waals surface area contributed by atoms with Crippen LogP contribution >= 0.6 is 11.3 Å². The van der Waals surface area contributed by atoms with E-state index in [2.05, 4.69) is 9.98 Å². The second-order valence-electron chi connectivity index (χ2n) is 9.81. The average Bonchev–Trinajstić information content (AvgIpc) is 3.36. The van der Waals surface area contributed by atoms with E-state index in [0.717, 1.165) is 25.5 Å². The number of aromatic nitrogens is 1. The summed E-state index contributed by atoms with van der Waals surface area (Å²) in [5, 5.41) is 11.5. The Morgan fingerprint density at radius 3 is 2.11 bits per heavy atom. The number of nitrogens with zero attached hydrogens (tertiary/aromatic N) is 3. The molecule has 3 aromatic rings. The monoisotopic (exact) mass is 643 g/mol. The van der Waals surface area contributed by atoms with Crippen molar-refractivity contribution in [3.63, 3.8) is 0 Å². The Kier molecular flexibility index (Phi) is 10.4. The number of fused-ring (bicyclic) bond motifs is 1. The first kappa shape index (κ1) is 32.9. The van der Waals surface area contributed by atoms with Gasteiger partial charge in [-0.1, -0.05) is 11.3 Å². The van der Waals surface area contributed by atoms with Crippen LogP contribution in [0.4, 0.5) is 10.8 Å². The third-order valence-electron chi connectivity index (χ3n) is 6.31. The van der Waals surface area contributed by atoms with Crippen LogP contribution in [-0.4, -0.2) is 76.8 Å². The Balaban J connectivity index is 1.58. The number of carbonyl (C=O) groups is 4. The van der Waals surface area contributed by atoms with Crippen LogP contribution < -0.4 is 4.74 Å².